The summed E-state index contributed by atoms with van der Waals surface area (Å²) in [5.41, 5.74) is 0.936. The maximum atomic E-state index is 12.5. The maximum absolute atomic E-state index is 12.5. The molecule has 1 fully saturated rings. The topological polar surface area (TPSA) is 49.4 Å². The third kappa shape index (κ3) is 3.92. The minimum Gasteiger partial charge on any atom is -0.312 e. The van der Waals surface area contributed by atoms with Gasteiger partial charge in [0, 0.05) is 30.1 Å². The standard InChI is InChI=1S/C12H17BrN2O2S.ClH/c1-9-5-11(13)7-12(6-9)18(16,17)15-4-3-14-10(2)8-15;/h5-7,10,14H,3-4,8H2,1-2H3;1H. The van der Waals surface area contributed by atoms with Crippen LogP contribution in [0.25, 0.3) is 0 Å². The van der Waals surface area contributed by atoms with Crippen molar-refractivity contribution in [3.8, 4) is 0 Å². The molecule has 1 unspecified atom stereocenters. The molecule has 0 bridgehead atoms. The van der Waals surface area contributed by atoms with Crippen molar-refractivity contribution in [2.45, 2.75) is 24.8 Å². The normalized spacial score (nSPS) is 20.9. The highest BCUT2D eigenvalue weighted by Crippen LogP contribution is 2.23. The molecule has 1 aliphatic rings. The Bertz CT molecular complexity index is 530. The highest BCUT2D eigenvalue weighted by molar-refractivity contribution is 9.10. The summed E-state index contributed by atoms with van der Waals surface area (Å²) < 4.78 is 27.4. The molecule has 1 atom stereocenters. The zero-order chi connectivity index (χ0) is 13.3. The molecular weight excluding hydrogens is 352 g/mol. The van der Waals surface area contributed by atoms with Gasteiger partial charge in [0.2, 0.25) is 10.0 Å². The summed E-state index contributed by atoms with van der Waals surface area (Å²) in [5, 5.41) is 3.24. The van der Waals surface area contributed by atoms with Crippen LogP contribution in [0.15, 0.2) is 27.6 Å². The van der Waals surface area contributed by atoms with Gasteiger partial charge in [-0.3, -0.25) is 0 Å². The Morgan fingerprint density at radius 2 is 2.05 bits per heavy atom. The molecule has 1 aliphatic heterocycles. The maximum Gasteiger partial charge on any atom is 0.243 e. The summed E-state index contributed by atoms with van der Waals surface area (Å²) >= 11 is 3.35. The van der Waals surface area contributed by atoms with Crippen LogP contribution in [0.4, 0.5) is 0 Å². The lowest BCUT2D eigenvalue weighted by molar-refractivity contribution is 0.310. The highest BCUT2D eigenvalue weighted by atomic mass is 79.9. The first-order valence-electron chi connectivity index (χ1n) is 5.90. The van der Waals surface area contributed by atoms with Crippen LogP contribution in [0.1, 0.15) is 12.5 Å². The molecule has 19 heavy (non-hydrogen) atoms. The summed E-state index contributed by atoms with van der Waals surface area (Å²) in [5.74, 6) is 0. The van der Waals surface area contributed by atoms with Crippen molar-refractivity contribution in [2.24, 2.45) is 0 Å². The van der Waals surface area contributed by atoms with Gasteiger partial charge >= 0.3 is 0 Å². The third-order valence-corrected chi connectivity index (χ3v) is 5.29. The number of sulfonamides is 1. The zero-order valence-corrected chi connectivity index (χ0v) is 14.1. The van der Waals surface area contributed by atoms with E-state index in [9.17, 15) is 8.42 Å². The van der Waals surface area contributed by atoms with Gasteiger partial charge in [-0.05, 0) is 37.6 Å². The van der Waals surface area contributed by atoms with Gasteiger partial charge in [-0.1, -0.05) is 15.9 Å². The lowest BCUT2D eigenvalue weighted by atomic mass is 10.2. The molecule has 0 aliphatic carbocycles. The highest BCUT2D eigenvalue weighted by Gasteiger charge is 2.28. The van der Waals surface area contributed by atoms with E-state index < -0.39 is 10.0 Å². The van der Waals surface area contributed by atoms with E-state index in [-0.39, 0.29) is 18.4 Å². The Hall–Kier alpha value is -0.140. The van der Waals surface area contributed by atoms with E-state index in [1.165, 1.54) is 0 Å². The SMILES string of the molecule is Cc1cc(Br)cc(S(=O)(=O)N2CCNC(C)C2)c1.Cl. The minimum atomic E-state index is -3.38. The summed E-state index contributed by atoms with van der Waals surface area (Å²) in [4.78, 5) is 0.364. The van der Waals surface area contributed by atoms with E-state index in [4.69, 9.17) is 0 Å². The van der Waals surface area contributed by atoms with Crippen molar-refractivity contribution in [2.75, 3.05) is 19.6 Å². The van der Waals surface area contributed by atoms with Crippen LogP contribution >= 0.6 is 28.3 Å². The molecule has 0 amide bonds. The van der Waals surface area contributed by atoms with Gasteiger partial charge < -0.3 is 5.32 Å². The van der Waals surface area contributed by atoms with E-state index in [0.29, 0.717) is 24.5 Å². The second-order valence-electron chi connectivity index (χ2n) is 4.68. The Morgan fingerprint density at radius 3 is 2.63 bits per heavy atom. The summed E-state index contributed by atoms with van der Waals surface area (Å²) in [6.45, 7) is 5.64. The van der Waals surface area contributed by atoms with Crippen molar-refractivity contribution >= 4 is 38.4 Å². The van der Waals surface area contributed by atoms with Crippen molar-refractivity contribution in [1.82, 2.24) is 9.62 Å². The van der Waals surface area contributed by atoms with Gasteiger partial charge in [-0.15, -0.1) is 12.4 Å². The van der Waals surface area contributed by atoms with E-state index >= 15 is 0 Å². The number of hydrogen-bond acceptors (Lipinski definition) is 3. The fourth-order valence-corrected chi connectivity index (χ4v) is 4.54. The smallest absolute Gasteiger partial charge is 0.243 e. The van der Waals surface area contributed by atoms with Crippen LogP contribution in [0.5, 0.6) is 0 Å². The molecule has 0 saturated carbocycles. The quantitative estimate of drug-likeness (QED) is 0.869. The molecule has 2 rings (SSSR count). The van der Waals surface area contributed by atoms with E-state index in [0.717, 1.165) is 10.0 Å². The average Bonchev–Trinajstić information content (AvgIpc) is 2.27. The Balaban J connectivity index is 0.00000180. The molecule has 1 aromatic carbocycles. The van der Waals surface area contributed by atoms with Crippen LogP contribution < -0.4 is 5.32 Å². The number of rotatable bonds is 2. The van der Waals surface area contributed by atoms with Crippen molar-refractivity contribution < 1.29 is 8.42 Å². The molecule has 4 nitrogen and oxygen atoms in total. The molecule has 0 spiro atoms. The third-order valence-electron chi connectivity index (χ3n) is 2.98. The van der Waals surface area contributed by atoms with Gasteiger partial charge in [-0.2, -0.15) is 4.31 Å². The number of aryl methyl sites for hydroxylation is 1. The van der Waals surface area contributed by atoms with Crippen LogP contribution in [0, 0.1) is 6.92 Å². The molecule has 1 heterocycles. The summed E-state index contributed by atoms with van der Waals surface area (Å²) in [6, 6.07) is 5.48. The Morgan fingerprint density at radius 1 is 1.37 bits per heavy atom. The van der Waals surface area contributed by atoms with Gasteiger partial charge in [-0.25, -0.2) is 8.42 Å². The predicted molar refractivity (Wildman–Crippen MR) is 82.4 cm³/mol. The monoisotopic (exact) mass is 368 g/mol. The molecule has 1 N–H and O–H groups in total. The van der Waals surface area contributed by atoms with E-state index in [1.54, 1.807) is 16.4 Å². The van der Waals surface area contributed by atoms with Crippen molar-refractivity contribution in [3.63, 3.8) is 0 Å². The van der Waals surface area contributed by atoms with Crippen LogP contribution in [-0.4, -0.2) is 38.4 Å². The van der Waals surface area contributed by atoms with Gasteiger partial charge in [0.1, 0.15) is 0 Å². The first kappa shape index (κ1) is 16.9. The molecule has 7 heteroatoms. The van der Waals surface area contributed by atoms with Gasteiger partial charge in [0.15, 0.2) is 0 Å². The zero-order valence-electron chi connectivity index (χ0n) is 10.9. The first-order valence-corrected chi connectivity index (χ1v) is 8.13. The molecule has 1 saturated heterocycles. The number of hydrogen-bond donors (Lipinski definition) is 1. The number of nitrogens with zero attached hydrogens (tertiary/aromatic N) is 1. The fourth-order valence-electron chi connectivity index (χ4n) is 2.12. The van der Waals surface area contributed by atoms with Crippen LogP contribution in [0.2, 0.25) is 0 Å². The number of nitrogens with one attached hydrogen (secondary N) is 1. The molecule has 0 radical (unpaired) electrons. The van der Waals surface area contributed by atoms with Crippen molar-refractivity contribution in [3.05, 3.63) is 28.2 Å². The van der Waals surface area contributed by atoms with Gasteiger partial charge in [0.25, 0.3) is 0 Å². The van der Waals surface area contributed by atoms with Crippen molar-refractivity contribution in [1.29, 1.82) is 0 Å². The van der Waals surface area contributed by atoms with Crippen LogP contribution in [0.3, 0.4) is 0 Å². The molecule has 0 aromatic heterocycles. The lowest BCUT2D eigenvalue weighted by Gasteiger charge is -2.31. The van der Waals surface area contributed by atoms with E-state index in [1.807, 2.05) is 19.9 Å². The molecular formula is C12H18BrClN2O2S. The average molecular weight is 370 g/mol. The number of halogens is 2. The lowest BCUT2D eigenvalue weighted by Crippen LogP contribution is -2.51. The summed E-state index contributed by atoms with van der Waals surface area (Å²) in [6.07, 6.45) is 0. The second-order valence-corrected chi connectivity index (χ2v) is 7.54. The Labute approximate surface area is 129 Å². The minimum absolute atomic E-state index is 0. The predicted octanol–water partition coefficient (Wildman–Crippen LogP) is 2.16. The number of piperazine rings is 1. The van der Waals surface area contributed by atoms with E-state index in [2.05, 4.69) is 21.2 Å². The summed E-state index contributed by atoms with van der Waals surface area (Å²) in [7, 11) is -3.38. The van der Waals surface area contributed by atoms with Crippen LogP contribution in [-0.2, 0) is 10.0 Å². The van der Waals surface area contributed by atoms with Gasteiger partial charge in [0.05, 0.1) is 4.90 Å². The first-order chi connectivity index (χ1) is 8.39. The second kappa shape index (κ2) is 6.54. The fraction of sp³-hybridized carbons (Fsp3) is 0.500. The molecule has 108 valence electrons. The largest absolute Gasteiger partial charge is 0.312 e. The number of benzene rings is 1. The Kier molecular flexibility index (Phi) is 5.82. The molecule has 1 aromatic rings.